The standard InChI is InChI=1S/C22H25ClFN4O4S/c1-7-31-19(30)12(2)28(14-10-8-13(24)9-11-14)21-25-17(23)16(33-21)15(29)18-26-20(22(3,4)5)27(6)32-18/h8-11,20H,7H2,1-6H3/q+1/b28-12+. The number of carbonyl (C=O) groups is 2. The molecule has 176 valence electrons. The summed E-state index contributed by atoms with van der Waals surface area (Å²) in [5.41, 5.74) is 0.369. The Labute approximate surface area is 200 Å². The number of rotatable bonds is 6. The van der Waals surface area contributed by atoms with Gasteiger partial charge in [0.2, 0.25) is 0 Å². The fourth-order valence-corrected chi connectivity index (χ4v) is 4.52. The third-order valence-electron chi connectivity index (χ3n) is 4.75. The first-order valence-corrected chi connectivity index (χ1v) is 11.4. The van der Waals surface area contributed by atoms with Crippen molar-refractivity contribution in [3.8, 4) is 0 Å². The first-order valence-electron chi connectivity index (χ1n) is 10.2. The minimum absolute atomic E-state index is 0.0584. The molecule has 3 rings (SSSR count). The van der Waals surface area contributed by atoms with Gasteiger partial charge in [-0.05, 0) is 59.1 Å². The molecule has 0 amide bonds. The Morgan fingerprint density at radius 2 is 1.94 bits per heavy atom. The summed E-state index contributed by atoms with van der Waals surface area (Å²) in [4.78, 5) is 40.0. The van der Waals surface area contributed by atoms with Crippen LogP contribution in [-0.4, -0.2) is 53.2 Å². The molecule has 2 aromatic rings. The Balaban J connectivity index is 2.06. The monoisotopic (exact) mass is 495 g/mol. The van der Waals surface area contributed by atoms with E-state index in [0.717, 1.165) is 11.3 Å². The van der Waals surface area contributed by atoms with Gasteiger partial charge in [-0.3, -0.25) is 4.79 Å². The van der Waals surface area contributed by atoms with Crippen molar-refractivity contribution >= 4 is 57.1 Å². The van der Waals surface area contributed by atoms with Crippen molar-refractivity contribution in [2.45, 2.75) is 40.8 Å². The van der Waals surface area contributed by atoms with Crippen molar-refractivity contribution in [2.75, 3.05) is 13.7 Å². The number of esters is 1. The lowest BCUT2D eigenvalue weighted by Crippen LogP contribution is -2.36. The first-order chi connectivity index (χ1) is 15.4. The Morgan fingerprint density at radius 1 is 1.30 bits per heavy atom. The molecule has 1 aliphatic rings. The average Bonchev–Trinajstić information content (AvgIpc) is 3.32. The van der Waals surface area contributed by atoms with E-state index in [-0.39, 0.29) is 45.0 Å². The van der Waals surface area contributed by atoms with Crippen LogP contribution in [0.3, 0.4) is 0 Å². The second-order valence-electron chi connectivity index (χ2n) is 8.37. The van der Waals surface area contributed by atoms with Crippen molar-refractivity contribution in [1.82, 2.24) is 14.6 Å². The van der Waals surface area contributed by atoms with Gasteiger partial charge in [-0.25, -0.2) is 14.2 Å². The molecular weight excluding hydrogens is 471 g/mol. The maximum absolute atomic E-state index is 13.5. The van der Waals surface area contributed by atoms with E-state index in [2.05, 4.69) is 9.98 Å². The third kappa shape index (κ3) is 5.29. The van der Waals surface area contributed by atoms with Crippen LogP contribution in [0.1, 0.15) is 44.3 Å². The molecule has 0 radical (unpaired) electrons. The molecule has 0 saturated heterocycles. The lowest BCUT2D eigenvalue weighted by Gasteiger charge is -2.27. The summed E-state index contributed by atoms with van der Waals surface area (Å²) < 4.78 is 20.1. The number of benzene rings is 1. The van der Waals surface area contributed by atoms with Gasteiger partial charge in [-0.1, -0.05) is 20.8 Å². The van der Waals surface area contributed by atoms with Gasteiger partial charge in [0.1, 0.15) is 17.7 Å². The van der Waals surface area contributed by atoms with Crippen molar-refractivity contribution in [3.05, 3.63) is 40.1 Å². The second-order valence-corrected chi connectivity index (χ2v) is 9.71. The molecule has 0 saturated carbocycles. The van der Waals surface area contributed by atoms with E-state index < -0.39 is 17.6 Å². The van der Waals surface area contributed by atoms with Crippen molar-refractivity contribution < 1.29 is 23.6 Å². The van der Waals surface area contributed by atoms with Gasteiger partial charge in [0.05, 0.1) is 6.61 Å². The summed E-state index contributed by atoms with van der Waals surface area (Å²) in [5, 5.41) is 1.70. The van der Waals surface area contributed by atoms with Crippen LogP contribution in [0.4, 0.5) is 15.2 Å². The molecule has 33 heavy (non-hydrogen) atoms. The quantitative estimate of drug-likeness (QED) is 0.251. The van der Waals surface area contributed by atoms with Crippen LogP contribution in [0, 0.1) is 11.2 Å². The highest BCUT2D eigenvalue weighted by molar-refractivity contribution is 7.18. The summed E-state index contributed by atoms with van der Waals surface area (Å²) in [6, 6.07) is 5.49. The van der Waals surface area contributed by atoms with Gasteiger partial charge < -0.3 is 9.57 Å². The predicted molar refractivity (Wildman–Crippen MR) is 126 cm³/mol. The van der Waals surface area contributed by atoms with E-state index in [4.69, 9.17) is 21.2 Å². The highest BCUT2D eigenvalue weighted by Crippen LogP contribution is 2.34. The van der Waals surface area contributed by atoms with Gasteiger partial charge in [0.25, 0.3) is 16.8 Å². The van der Waals surface area contributed by atoms with Crippen molar-refractivity contribution in [3.63, 3.8) is 0 Å². The molecule has 0 aliphatic carbocycles. The fourth-order valence-electron chi connectivity index (χ4n) is 3.23. The topological polar surface area (TPSA) is 84.1 Å². The highest BCUT2D eigenvalue weighted by Gasteiger charge is 2.40. The van der Waals surface area contributed by atoms with Gasteiger partial charge in [-0.15, -0.1) is 5.06 Å². The number of ketones is 1. The first kappa shape index (κ1) is 24.9. The maximum atomic E-state index is 13.5. The minimum Gasteiger partial charge on any atom is -0.460 e. The molecule has 0 N–H and O–H groups in total. The van der Waals surface area contributed by atoms with E-state index in [1.807, 2.05) is 20.8 Å². The number of hydrogen-bond donors (Lipinski definition) is 0. The smallest absolute Gasteiger partial charge is 0.390 e. The van der Waals surface area contributed by atoms with Crippen molar-refractivity contribution in [1.29, 1.82) is 0 Å². The molecule has 1 atom stereocenters. The zero-order valence-electron chi connectivity index (χ0n) is 19.2. The number of ether oxygens (including phenoxy) is 1. The second kappa shape index (κ2) is 9.66. The summed E-state index contributed by atoms with van der Waals surface area (Å²) in [5.74, 6) is -1.63. The summed E-state index contributed by atoms with van der Waals surface area (Å²) in [6.45, 7) is 9.37. The van der Waals surface area contributed by atoms with Crippen LogP contribution in [0.25, 0.3) is 0 Å². The minimum atomic E-state index is -0.584. The molecule has 1 aromatic carbocycles. The molecule has 0 spiro atoms. The summed E-state index contributed by atoms with van der Waals surface area (Å²) in [6.07, 6.45) is -0.349. The number of hydroxylamine groups is 2. The van der Waals surface area contributed by atoms with Gasteiger partial charge in [-0.2, -0.15) is 4.58 Å². The molecule has 0 fully saturated rings. The summed E-state index contributed by atoms with van der Waals surface area (Å²) >= 11 is 7.29. The molecular formula is C22H25ClFN4O4S+. The maximum Gasteiger partial charge on any atom is 0.390 e. The SMILES string of the molecule is CCOC(=O)/C(C)=[N+](\c1ccc(F)cc1)c1nc(Cl)c(C(=O)C2=NC(C(C)(C)C)N(C)O2)s1. The number of Topliss-reactive ketones (excluding diaryl/α,β-unsaturated/α-hetero) is 1. The lowest BCUT2D eigenvalue weighted by molar-refractivity contribution is -0.135. The van der Waals surface area contributed by atoms with E-state index in [1.54, 1.807) is 20.9 Å². The highest BCUT2D eigenvalue weighted by atomic mass is 35.5. The predicted octanol–water partition coefficient (Wildman–Crippen LogP) is 4.62. The summed E-state index contributed by atoms with van der Waals surface area (Å²) in [7, 11) is 1.70. The lowest BCUT2D eigenvalue weighted by atomic mass is 9.92. The zero-order chi connectivity index (χ0) is 24.5. The molecule has 11 heteroatoms. The number of halogens is 2. The van der Waals surface area contributed by atoms with Gasteiger partial charge in [0.15, 0.2) is 10.6 Å². The van der Waals surface area contributed by atoms with Crippen LogP contribution >= 0.6 is 22.9 Å². The number of thiazole rings is 1. The van der Waals surface area contributed by atoms with E-state index in [1.165, 1.54) is 33.9 Å². The molecule has 1 unspecified atom stereocenters. The Kier molecular flexibility index (Phi) is 7.30. The molecule has 8 nitrogen and oxygen atoms in total. The fraction of sp³-hybridized carbons (Fsp3) is 0.409. The number of carbonyl (C=O) groups excluding carboxylic acids is 2. The van der Waals surface area contributed by atoms with Crippen LogP contribution in [0.5, 0.6) is 0 Å². The molecule has 1 aliphatic heterocycles. The normalized spacial score (nSPS) is 17.3. The largest absolute Gasteiger partial charge is 0.460 e. The number of nitrogens with zero attached hydrogens (tertiary/aromatic N) is 4. The van der Waals surface area contributed by atoms with Crippen LogP contribution in [0.15, 0.2) is 29.3 Å². The average molecular weight is 496 g/mol. The van der Waals surface area contributed by atoms with Gasteiger partial charge >= 0.3 is 11.1 Å². The van der Waals surface area contributed by atoms with Crippen LogP contribution in [-0.2, 0) is 14.4 Å². The number of aliphatic imine (C=N–C) groups is 1. The third-order valence-corrected chi connectivity index (χ3v) is 6.17. The van der Waals surface area contributed by atoms with Gasteiger partial charge in [0, 0.05) is 19.4 Å². The number of aromatic nitrogens is 1. The Bertz CT molecular complexity index is 1140. The van der Waals surface area contributed by atoms with E-state index >= 15 is 0 Å². The zero-order valence-corrected chi connectivity index (χ0v) is 20.8. The molecule has 0 bridgehead atoms. The van der Waals surface area contributed by atoms with E-state index in [0.29, 0.717) is 5.69 Å². The van der Waals surface area contributed by atoms with Crippen LogP contribution < -0.4 is 4.58 Å². The molecule has 1 aromatic heterocycles. The molecule has 2 heterocycles. The Hall–Kier alpha value is -2.69. The van der Waals surface area contributed by atoms with Crippen LogP contribution in [0.2, 0.25) is 5.15 Å². The number of hydrogen-bond acceptors (Lipinski definition) is 8. The van der Waals surface area contributed by atoms with E-state index in [9.17, 15) is 14.0 Å². The van der Waals surface area contributed by atoms with Crippen molar-refractivity contribution in [2.24, 2.45) is 10.4 Å². The Morgan fingerprint density at radius 3 is 2.48 bits per heavy atom.